The van der Waals surface area contributed by atoms with Gasteiger partial charge < -0.3 is 15.3 Å². The molecule has 2 N–H and O–H groups in total. The average molecular weight is 212 g/mol. The van der Waals surface area contributed by atoms with Gasteiger partial charge in [-0.2, -0.15) is 0 Å². The van der Waals surface area contributed by atoms with Crippen molar-refractivity contribution in [2.45, 2.75) is 25.8 Å². The molecule has 1 rings (SSSR count). The van der Waals surface area contributed by atoms with Gasteiger partial charge in [0.2, 0.25) is 0 Å². The van der Waals surface area contributed by atoms with Crippen LogP contribution in [0, 0.1) is 0 Å². The fourth-order valence-electron chi connectivity index (χ4n) is 1.79. The van der Waals surface area contributed by atoms with Crippen molar-refractivity contribution in [3.63, 3.8) is 0 Å². The second-order valence-electron chi connectivity index (χ2n) is 4.20. The molecule has 4 heteroatoms. The van der Waals surface area contributed by atoms with E-state index in [1.807, 2.05) is 0 Å². The quantitative estimate of drug-likeness (QED) is 0.636. The predicted octanol–water partition coefficient (Wildman–Crippen LogP) is 0.701. The number of aliphatic carboxylic acids is 1. The topological polar surface area (TPSA) is 52.6 Å². The minimum absolute atomic E-state index is 0.225. The van der Waals surface area contributed by atoms with Gasteiger partial charge in [-0.1, -0.05) is 6.58 Å². The zero-order chi connectivity index (χ0) is 11.3. The molecule has 86 valence electrons. The Morgan fingerprint density at radius 2 is 2.13 bits per heavy atom. The van der Waals surface area contributed by atoms with Crippen LogP contribution in [0.5, 0.6) is 0 Å². The van der Waals surface area contributed by atoms with Crippen LogP contribution >= 0.6 is 0 Å². The summed E-state index contributed by atoms with van der Waals surface area (Å²) in [6, 6.07) is 0.319. The number of rotatable bonds is 6. The molecule has 0 aromatic carbocycles. The van der Waals surface area contributed by atoms with E-state index in [4.69, 9.17) is 5.11 Å². The SMILES string of the molecule is C=C(CNC(C)CN1CCCC1)C(=O)O. The van der Waals surface area contributed by atoms with Crippen LogP contribution in [-0.2, 0) is 4.79 Å². The summed E-state index contributed by atoms with van der Waals surface area (Å²) in [7, 11) is 0. The first-order valence-electron chi connectivity index (χ1n) is 5.46. The van der Waals surface area contributed by atoms with E-state index >= 15 is 0 Å². The molecule has 1 unspecified atom stereocenters. The number of nitrogens with zero attached hydrogens (tertiary/aromatic N) is 1. The normalized spacial score (nSPS) is 19.0. The number of likely N-dealkylation sites (tertiary alicyclic amines) is 1. The minimum Gasteiger partial charge on any atom is -0.478 e. The molecule has 1 aliphatic rings. The van der Waals surface area contributed by atoms with E-state index in [2.05, 4.69) is 23.7 Å². The van der Waals surface area contributed by atoms with Gasteiger partial charge >= 0.3 is 5.97 Å². The number of carboxylic acid groups (broad SMARTS) is 1. The molecule has 0 aromatic rings. The van der Waals surface area contributed by atoms with Gasteiger partial charge in [0.1, 0.15) is 0 Å². The molecular formula is C11H20N2O2. The summed E-state index contributed by atoms with van der Waals surface area (Å²) in [5, 5.41) is 11.8. The largest absolute Gasteiger partial charge is 0.478 e. The Balaban J connectivity index is 2.15. The smallest absolute Gasteiger partial charge is 0.332 e. The molecule has 0 aromatic heterocycles. The zero-order valence-electron chi connectivity index (χ0n) is 9.33. The summed E-state index contributed by atoms with van der Waals surface area (Å²) in [6.07, 6.45) is 2.57. The van der Waals surface area contributed by atoms with Gasteiger partial charge in [0.25, 0.3) is 0 Å². The first-order chi connectivity index (χ1) is 7.09. The lowest BCUT2D eigenvalue weighted by Crippen LogP contribution is -2.39. The highest BCUT2D eigenvalue weighted by Crippen LogP contribution is 2.07. The number of nitrogens with one attached hydrogen (secondary N) is 1. The summed E-state index contributed by atoms with van der Waals surface area (Å²) < 4.78 is 0. The molecule has 1 atom stereocenters. The molecule has 0 spiro atoms. The maximum atomic E-state index is 10.5. The van der Waals surface area contributed by atoms with Crippen molar-refractivity contribution < 1.29 is 9.90 Å². The molecule has 0 saturated carbocycles. The van der Waals surface area contributed by atoms with Crippen LogP contribution in [0.4, 0.5) is 0 Å². The van der Waals surface area contributed by atoms with E-state index in [-0.39, 0.29) is 5.57 Å². The minimum atomic E-state index is -0.920. The number of hydrogen-bond acceptors (Lipinski definition) is 3. The second kappa shape index (κ2) is 5.88. The first kappa shape index (κ1) is 12.2. The lowest BCUT2D eigenvalue weighted by Gasteiger charge is -2.21. The zero-order valence-corrected chi connectivity index (χ0v) is 9.33. The fourth-order valence-corrected chi connectivity index (χ4v) is 1.79. The lowest BCUT2D eigenvalue weighted by atomic mass is 10.2. The van der Waals surface area contributed by atoms with E-state index in [0.29, 0.717) is 12.6 Å². The van der Waals surface area contributed by atoms with E-state index < -0.39 is 5.97 Å². The van der Waals surface area contributed by atoms with Crippen LogP contribution in [0.2, 0.25) is 0 Å². The van der Waals surface area contributed by atoms with Crippen LogP contribution in [0.25, 0.3) is 0 Å². The monoisotopic (exact) mass is 212 g/mol. The van der Waals surface area contributed by atoms with Gasteiger partial charge in [-0.3, -0.25) is 0 Å². The Morgan fingerprint density at radius 3 is 2.67 bits per heavy atom. The van der Waals surface area contributed by atoms with Gasteiger partial charge in [0.15, 0.2) is 0 Å². The van der Waals surface area contributed by atoms with Gasteiger partial charge in [-0.15, -0.1) is 0 Å². The van der Waals surface area contributed by atoms with Crippen molar-refractivity contribution in [2.75, 3.05) is 26.2 Å². The number of hydrogen-bond donors (Lipinski definition) is 2. The van der Waals surface area contributed by atoms with E-state index in [1.165, 1.54) is 25.9 Å². The Bertz CT molecular complexity index is 235. The van der Waals surface area contributed by atoms with Crippen LogP contribution in [0.3, 0.4) is 0 Å². The molecule has 15 heavy (non-hydrogen) atoms. The van der Waals surface area contributed by atoms with Gasteiger partial charge in [-0.25, -0.2) is 4.79 Å². The lowest BCUT2D eigenvalue weighted by molar-refractivity contribution is -0.132. The summed E-state index contributed by atoms with van der Waals surface area (Å²) >= 11 is 0. The van der Waals surface area contributed by atoms with Crippen molar-refractivity contribution in [2.24, 2.45) is 0 Å². The maximum Gasteiger partial charge on any atom is 0.332 e. The molecule has 4 nitrogen and oxygen atoms in total. The van der Waals surface area contributed by atoms with Crippen molar-refractivity contribution in [3.8, 4) is 0 Å². The summed E-state index contributed by atoms with van der Waals surface area (Å²) in [4.78, 5) is 12.9. The highest BCUT2D eigenvalue weighted by atomic mass is 16.4. The van der Waals surface area contributed by atoms with Crippen LogP contribution in [0.1, 0.15) is 19.8 Å². The Labute approximate surface area is 91.0 Å². The van der Waals surface area contributed by atoms with E-state index in [0.717, 1.165) is 6.54 Å². The molecule has 1 aliphatic heterocycles. The van der Waals surface area contributed by atoms with Crippen molar-refractivity contribution in [1.82, 2.24) is 10.2 Å². The Kier molecular flexibility index (Phi) is 4.78. The van der Waals surface area contributed by atoms with Crippen molar-refractivity contribution >= 4 is 5.97 Å². The highest BCUT2D eigenvalue weighted by molar-refractivity contribution is 5.86. The van der Waals surface area contributed by atoms with E-state index in [1.54, 1.807) is 0 Å². The third-order valence-electron chi connectivity index (χ3n) is 2.70. The van der Waals surface area contributed by atoms with Crippen molar-refractivity contribution in [3.05, 3.63) is 12.2 Å². The van der Waals surface area contributed by atoms with Gasteiger partial charge in [-0.05, 0) is 32.9 Å². The van der Waals surface area contributed by atoms with Gasteiger partial charge in [0.05, 0.1) is 0 Å². The Hall–Kier alpha value is -0.870. The third-order valence-corrected chi connectivity index (χ3v) is 2.70. The summed E-state index contributed by atoms with van der Waals surface area (Å²) in [6.45, 7) is 9.26. The molecule has 0 radical (unpaired) electrons. The first-order valence-corrected chi connectivity index (χ1v) is 5.46. The molecule has 1 heterocycles. The standard InChI is InChI=1S/C11H20N2O2/c1-9(11(14)15)7-12-10(2)8-13-5-3-4-6-13/h10,12H,1,3-8H2,2H3,(H,14,15). The fraction of sp³-hybridized carbons (Fsp3) is 0.727. The van der Waals surface area contributed by atoms with Crippen LogP contribution < -0.4 is 5.32 Å². The molecule has 1 saturated heterocycles. The van der Waals surface area contributed by atoms with Crippen molar-refractivity contribution in [1.29, 1.82) is 0 Å². The van der Waals surface area contributed by atoms with Crippen LogP contribution in [-0.4, -0.2) is 48.2 Å². The summed E-state index contributed by atoms with van der Waals surface area (Å²) in [5.41, 5.74) is 0.225. The maximum absolute atomic E-state index is 10.5. The van der Waals surface area contributed by atoms with E-state index in [9.17, 15) is 4.79 Å². The number of carboxylic acids is 1. The van der Waals surface area contributed by atoms with Crippen LogP contribution in [0.15, 0.2) is 12.2 Å². The predicted molar refractivity (Wildman–Crippen MR) is 59.9 cm³/mol. The van der Waals surface area contributed by atoms with Gasteiger partial charge in [0, 0.05) is 24.7 Å². The third kappa shape index (κ3) is 4.44. The Morgan fingerprint density at radius 1 is 1.53 bits per heavy atom. The molecule has 0 bridgehead atoms. The second-order valence-corrected chi connectivity index (χ2v) is 4.20. The molecule has 0 aliphatic carbocycles. The summed E-state index contributed by atoms with van der Waals surface area (Å²) in [5.74, 6) is -0.920. The molecular weight excluding hydrogens is 192 g/mol. The number of carbonyl (C=O) groups is 1. The average Bonchev–Trinajstić information content (AvgIpc) is 2.66. The molecule has 0 amide bonds. The highest BCUT2D eigenvalue weighted by Gasteiger charge is 2.14. The molecule has 1 fully saturated rings.